The van der Waals surface area contributed by atoms with Gasteiger partial charge in [-0.05, 0) is 46.5 Å². The number of hydrogen-bond donors (Lipinski definition) is 2. The molecule has 4 nitrogen and oxygen atoms in total. The first-order valence-corrected chi connectivity index (χ1v) is 16.5. The number of para-hydroxylation sites is 2. The summed E-state index contributed by atoms with van der Waals surface area (Å²) in [5.41, 5.74) is 12.3. The van der Waals surface area contributed by atoms with Crippen molar-refractivity contribution in [2.75, 3.05) is 0 Å². The second kappa shape index (κ2) is 10.7. The Morgan fingerprint density at radius 2 is 1.31 bits per heavy atom. The Balaban J connectivity index is 1.18. The Morgan fingerprint density at radius 1 is 0.583 bits per heavy atom. The van der Waals surface area contributed by atoms with Crippen molar-refractivity contribution in [3.8, 4) is 16.8 Å². The summed E-state index contributed by atoms with van der Waals surface area (Å²) in [6.07, 6.45) is 8.56. The molecule has 0 bridgehead atoms. The lowest BCUT2D eigenvalue weighted by Gasteiger charge is -2.36. The number of allylic oxidation sites excluding steroid dienone is 2. The molecule has 2 unspecified atom stereocenters. The van der Waals surface area contributed by atoms with E-state index in [1.807, 2.05) is 0 Å². The first-order valence-electron chi connectivity index (χ1n) is 16.5. The number of aromatic nitrogens is 1. The SMILES string of the molecule is C1=CC2=C(c3ccccc3)NC(c3cccc4oc5c(-n6c7ccccc7c7c(-c8ccccc8)cccc76)cccc5c34)NC2C=C1. The molecule has 8 aromatic rings. The molecule has 48 heavy (non-hydrogen) atoms. The topological polar surface area (TPSA) is 42.1 Å². The van der Waals surface area contributed by atoms with Crippen molar-refractivity contribution >= 4 is 49.4 Å². The van der Waals surface area contributed by atoms with Gasteiger partial charge in [0.1, 0.15) is 11.7 Å². The monoisotopic (exact) mass is 617 g/mol. The zero-order chi connectivity index (χ0) is 31.6. The fourth-order valence-corrected chi connectivity index (χ4v) is 7.81. The summed E-state index contributed by atoms with van der Waals surface area (Å²) >= 11 is 0. The number of hydrogen-bond acceptors (Lipinski definition) is 3. The molecular formula is C44H31N3O. The van der Waals surface area contributed by atoms with Crippen LogP contribution in [0.5, 0.6) is 0 Å². The molecule has 0 amide bonds. The minimum atomic E-state index is -0.125. The van der Waals surface area contributed by atoms with E-state index in [4.69, 9.17) is 4.42 Å². The smallest absolute Gasteiger partial charge is 0.159 e. The number of furan rings is 1. The summed E-state index contributed by atoms with van der Waals surface area (Å²) in [6.45, 7) is 0. The predicted molar refractivity (Wildman–Crippen MR) is 198 cm³/mol. The van der Waals surface area contributed by atoms with Gasteiger partial charge in [0.15, 0.2) is 5.58 Å². The van der Waals surface area contributed by atoms with Gasteiger partial charge in [0.25, 0.3) is 0 Å². The molecule has 0 saturated heterocycles. The second-order valence-electron chi connectivity index (χ2n) is 12.6. The fourth-order valence-electron chi connectivity index (χ4n) is 7.81. The highest BCUT2D eigenvalue weighted by atomic mass is 16.3. The Morgan fingerprint density at radius 3 is 2.19 bits per heavy atom. The highest BCUT2D eigenvalue weighted by Crippen LogP contribution is 2.43. The largest absolute Gasteiger partial charge is 0.454 e. The highest BCUT2D eigenvalue weighted by molar-refractivity contribution is 6.17. The first-order chi connectivity index (χ1) is 23.8. The van der Waals surface area contributed by atoms with E-state index >= 15 is 0 Å². The number of fused-ring (bicyclic) bond motifs is 7. The summed E-state index contributed by atoms with van der Waals surface area (Å²) in [4.78, 5) is 0. The minimum absolute atomic E-state index is 0.0943. The molecule has 0 fully saturated rings. The molecule has 3 heterocycles. The van der Waals surface area contributed by atoms with Crippen molar-refractivity contribution in [3.05, 3.63) is 181 Å². The molecule has 2 atom stereocenters. The van der Waals surface area contributed by atoms with Crippen LogP contribution in [0.4, 0.5) is 0 Å². The van der Waals surface area contributed by atoms with E-state index in [-0.39, 0.29) is 12.2 Å². The Hall–Kier alpha value is -6.10. The van der Waals surface area contributed by atoms with Gasteiger partial charge < -0.3 is 14.3 Å². The molecular weight excluding hydrogens is 587 g/mol. The van der Waals surface area contributed by atoms with E-state index in [1.165, 1.54) is 33.0 Å². The molecule has 2 aliphatic rings. The van der Waals surface area contributed by atoms with Gasteiger partial charge in [-0.1, -0.05) is 140 Å². The normalized spacial score (nSPS) is 17.4. The van der Waals surface area contributed by atoms with Gasteiger partial charge in [-0.3, -0.25) is 5.32 Å². The van der Waals surface area contributed by atoms with Crippen molar-refractivity contribution in [1.29, 1.82) is 0 Å². The lowest BCUT2D eigenvalue weighted by Crippen LogP contribution is -2.45. The maximum atomic E-state index is 6.86. The third-order valence-electron chi connectivity index (χ3n) is 9.88. The standard InChI is InChI=1S/C44H31N3O/c1-3-14-28(15-4-1)30-20-11-25-37-40(30)32-19-8-10-24-36(32)47(37)38-26-12-21-33-41-34(22-13-27-39(41)48-43(33)38)44-45-35-23-9-7-18-31(35)42(46-44)29-16-5-2-6-17-29/h1-27,35,44-46H. The maximum Gasteiger partial charge on any atom is 0.159 e. The Labute approximate surface area is 277 Å². The van der Waals surface area contributed by atoms with E-state index in [0.29, 0.717) is 0 Å². The summed E-state index contributed by atoms with van der Waals surface area (Å²) < 4.78 is 9.23. The average molecular weight is 618 g/mol. The van der Waals surface area contributed by atoms with Crippen LogP contribution in [0.25, 0.3) is 66.3 Å². The van der Waals surface area contributed by atoms with Gasteiger partial charge in [0, 0.05) is 32.8 Å². The Bertz CT molecular complexity index is 2620. The van der Waals surface area contributed by atoms with Gasteiger partial charge >= 0.3 is 0 Å². The summed E-state index contributed by atoms with van der Waals surface area (Å²) in [6, 6.07) is 49.7. The van der Waals surface area contributed by atoms with Crippen LogP contribution in [0.2, 0.25) is 0 Å². The van der Waals surface area contributed by atoms with Gasteiger partial charge in [-0.2, -0.15) is 0 Å². The van der Waals surface area contributed by atoms with E-state index in [2.05, 4.69) is 179 Å². The third kappa shape index (κ3) is 4.06. The van der Waals surface area contributed by atoms with Crippen molar-refractivity contribution in [3.63, 3.8) is 0 Å². The van der Waals surface area contributed by atoms with Crippen LogP contribution in [0.1, 0.15) is 17.3 Å². The summed E-state index contributed by atoms with van der Waals surface area (Å²) in [5.74, 6) is 0. The molecule has 4 heteroatoms. The highest BCUT2D eigenvalue weighted by Gasteiger charge is 2.30. The zero-order valence-corrected chi connectivity index (χ0v) is 26.1. The summed E-state index contributed by atoms with van der Waals surface area (Å²) in [7, 11) is 0. The lowest BCUT2D eigenvalue weighted by atomic mass is 9.92. The van der Waals surface area contributed by atoms with E-state index in [1.54, 1.807) is 0 Å². The van der Waals surface area contributed by atoms with Gasteiger partial charge in [-0.25, -0.2) is 0 Å². The molecule has 228 valence electrons. The number of benzene rings is 6. The molecule has 0 saturated carbocycles. The maximum absolute atomic E-state index is 6.86. The average Bonchev–Trinajstić information content (AvgIpc) is 3.71. The first kappa shape index (κ1) is 27.1. The summed E-state index contributed by atoms with van der Waals surface area (Å²) in [5, 5.41) is 12.4. The molecule has 10 rings (SSSR count). The molecule has 2 aromatic heterocycles. The molecule has 6 aromatic carbocycles. The van der Waals surface area contributed by atoms with Crippen molar-refractivity contribution in [2.24, 2.45) is 0 Å². The van der Waals surface area contributed by atoms with Gasteiger partial charge in [0.2, 0.25) is 0 Å². The zero-order valence-electron chi connectivity index (χ0n) is 26.1. The lowest BCUT2D eigenvalue weighted by molar-refractivity contribution is 0.462. The molecule has 1 aliphatic carbocycles. The second-order valence-corrected chi connectivity index (χ2v) is 12.6. The molecule has 0 radical (unpaired) electrons. The van der Waals surface area contributed by atoms with Crippen molar-refractivity contribution in [1.82, 2.24) is 15.2 Å². The fraction of sp³-hybridized carbons (Fsp3) is 0.0455. The predicted octanol–water partition coefficient (Wildman–Crippen LogP) is 10.4. The quantitative estimate of drug-likeness (QED) is 0.206. The molecule has 1 aliphatic heterocycles. The third-order valence-corrected chi connectivity index (χ3v) is 9.88. The van der Waals surface area contributed by atoms with E-state index in [0.717, 1.165) is 49.9 Å². The van der Waals surface area contributed by atoms with Crippen LogP contribution < -0.4 is 10.6 Å². The van der Waals surface area contributed by atoms with Crippen LogP contribution in [0, 0.1) is 0 Å². The van der Waals surface area contributed by atoms with Crippen LogP contribution in [0.15, 0.2) is 174 Å². The van der Waals surface area contributed by atoms with Crippen LogP contribution in [0.3, 0.4) is 0 Å². The van der Waals surface area contributed by atoms with Gasteiger partial charge in [-0.15, -0.1) is 0 Å². The van der Waals surface area contributed by atoms with Crippen LogP contribution in [-0.4, -0.2) is 10.6 Å². The molecule has 0 spiro atoms. The number of nitrogens with one attached hydrogen (secondary N) is 2. The van der Waals surface area contributed by atoms with Crippen LogP contribution in [-0.2, 0) is 0 Å². The molecule has 2 N–H and O–H groups in total. The Kier molecular flexibility index (Phi) is 6.05. The van der Waals surface area contributed by atoms with Crippen molar-refractivity contribution < 1.29 is 4.42 Å². The van der Waals surface area contributed by atoms with Gasteiger partial charge in [0.05, 0.1) is 22.8 Å². The minimum Gasteiger partial charge on any atom is -0.454 e. The van der Waals surface area contributed by atoms with E-state index in [9.17, 15) is 0 Å². The van der Waals surface area contributed by atoms with Crippen molar-refractivity contribution in [2.45, 2.75) is 12.2 Å². The number of nitrogens with zero attached hydrogens (tertiary/aromatic N) is 1. The number of rotatable bonds is 4. The van der Waals surface area contributed by atoms with E-state index < -0.39 is 0 Å². The van der Waals surface area contributed by atoms with Crippen LogP contribution >= 0.6 is 0 Å².